The summed E-state index contributed by atoms with van der Waals surface area (Å²) >= 11 is 0. The van der Waals surface area contributed by atoms with Crippen molar-refractivity contribution in [2.75, 3.05) is 6.54 Å². The standard InChI is InChI=1S/C17H20N2O2/c1-17(2,3)9-10-19-14(12-7-5-4-6-8-12)15(20)13(11-18)16(19)21/h4-8,14,20H,9-10H2,1-3H3. The van der Waals surface area contributed by atoms with Gasteiger partial charge in [0.05, 0.1) is 0 Å². The van der Waals surface area contributed by atoms with Gasteiger partial charge in [0.2, 0.25) is 0 Å². The molecule has 1 N–H and O–H groups in total. The van der Waals surface area contributed by atoms with E-state index in [4.69, 9.17) is 5.26 Å². The highest BCUT2D eigenvalue weighted by Gasteiger charge is 2.40. The molecular formula is C17H20N2O2. The van der Waals surface area contributed by atoms with E-state index in [2.05, 4.69) is 20.8 Å². The van der Waals surface area contributed by atoms with Crippen LogP contribution < -0.4 is 0 Å². The predicted octanol–water partition coefficient (Wildman–Crippen LogP) is 3.34. The molecule has 21 heavy (non-hydrogen) atoms. The van der Waals surface area contributed by atoms with Crippen molar-refractivity contribution in [1.29, 1.82) is 5.26 Å². The lowest BCUT2D eigenvalue weighted by Gasteiger charge is -2.29. The number of aliphatic hydroxyl groups excluding tert-OH is 1. The van der Waals surface area contributed by atoms with E-state index < -0.39 is 6.04 Å². The lowest BCUT2D eigenvalue weighted by Crippen LogP contribution is -2.33. The van der Waals surface area contributed by atoms with Crippen LogP contribution in [0.1, 0.15) is 38.8 Å². The number of benzene rings is 1. The van der Waals surface area contributed by atoms with Crippen molar-refractivity contribution in [2.45, 2.75) is 33.2 Å². The second-order valence-electron chi connectivity index (χ2n) is 6.49. The molecule has 1 aromatic rings. The molecule has 0 spiro atoms. The molecule has 1 aromatic carbocycles. The summed E-state index contributed by atoms with van der Waals surface area (Å²) in [7, 11) is 0. The van der Waals surface area contributed by atoms with Crippen molar-refractivity contribution in [1.82, 2.24) is 4.90 Å². The first-order chi connectivity index (χ1) is 9.85. The molecule has 4 heteroatoms. The zero-order chi connectivity index (χ0) is 15.6. The molecule has 4 nitrogen and oxygen atoms in total. The minimum absolute atomic E-state index is 0.0759. The molecule has 1 atom stereocenters. The average Bonchev–Trinajstić information content (AvgIpc) is 2.67. The fourth-order valence-electron chi connectivity index (χ4n) is 2.42. The number of rotatable bonds is 3. The van der Waals surface area contributed by atoms with Crippen LogP contribution in [0.5, 0.6) is 0 Å². The van der Waals surface area contributed by atoms with Crippen molar-refractivity contribution in [3.05, 3.63) is 47.2 Å². The van der Waals surface area contributed by atoms with Crippen LogP contribution in [0.4, 0.5) is 0 Å². The smallest absolute Gasteiger partial charge is 0.268 e. The molecule has 1 aliphatic rings. The largest absolute Gasteiger partial charge is 0.508 e. The van der Waals surface area contributed by atoms with Gasteiger partial charge in [-0.15, -0.1) is 0 Å². The van der Waals surface area contributed by atoms with Crippen LogP contribution in [0.15, 0.2) is 41.7 Å². The number of nitrogens with zero attached hydrogens (tertiary/aromatic N) is 2. The summed E-state index contributed by atoms with van der Waals surface area (Å²) in [6.45, 7) is 6.81. The van der Waals surface area contributed by atoms with Gasteiger partial charge in [-0.2, -0.15) is 5.26 Å². The van der Waals surface area contributed by atoms with Gasteiger partial charge in [0, 0.05) is 6.54 Å². The number of carbonyl (C=O) groups is 1. The summed E-state index contributed by atoms with van der Waals surface area (Å²) < 4.78 is 0. The van der Waals surface area contributed by atoms with Crippen molar-refractivity contribution in [3.8, 4) is 6.07 Å². The van der Waals surface area contributed by atoms with Crippen LogP contribution in [0.25, 0.3) is 0 Å². The number of carbonyl (C=O) groups excluding carboxylic acids is 1. The third kappa shape index (κ3) is 3.08. The maximum atomic E-state index is 12.3. The summed E-state index contributed by atoms with van der Waals surface area (Å²) in [5, 5.41) is 19.4. The van der Waals surface area contributed by atoms with E-state index in [1.54, 1.807) is 4.90 Å². The Morgan fingerprint density at radius 1 is 1.29 bits per heavy atom. The van der Waals surface area contributed by atoms with Crippen molar-refractivity contribution >= 4 is 5.91 Å². The molecule has 1 unspecified atom stereocenters. The van der Waals surface area contributed by atoms with E-state index in [-0.39, 0.29) is 22.7 Å². The molecule has 0 saturated heterocycles. The van der Waals surface area contributed by atoms with Crippen molar-refractivity contribution in [3.63, 3.8) is 0 Å². The minimum atomic E-state index is -0.546. The molecule has 0 bridgehead atoms. The maximum Gasteiger partial charge on any atom is 0.268 e. The summed E-state index contributed by atoms with van der Waals surface area (Å²) in [5.41, 5.74) is 0.757. The summed E-state index contributed by atoms with van der Waals surface area (Å²) in [6.07, 6.45) is 0.800. The SMILES string of the molecule is CC(C)(C)CCN1C(=O)C(C#N)=C(O)C1c1ccccc1. The van der Waals surface area contributed by atoms with Gasteiger partial charge in [-0.25, -0.2) is 0 Å². The van der Waals surface area contributed by atoms with Gasteiger partial charge in [-0.1, -0.05) is 51.1 Å². The Bertz CT molecular complexity index is 606. The monoisotopic (exact) mass is 284 g/mol. The van der Waals surface area contributed by atoms with Gasteiger partial charge < -0.3 is 10.0 Å². The van der Waals surface area contributed by atoms with E-state index in [0.29, 0.717) is 6.54 Å². The van der Waals surface area contributed by atoms with E-state index in [9.17, 15) is 9.90 Å². The highest BCUT2D eigenvalue weighted by atomic mass is 16.3. The zero-order valence-corrected chi connectivity index (χ0v) is 12.6. The topological polar surface area (TPSA) is 64.3 Å². The first-order valence-corrected chi connectivity index (χ1v) is 7.04. The molecular weight excluding hydrogens is 264 g/mol. The fraction of sp³-hybridized carbons (Fsp3) is 0.412. The molecule has 2 rings (SSSR count). The van der Waals surface area contributed by atoms with Crippen LogP contribution in [-0.2, 0) is 4.79 Å². The lowest BCUT2D eigenvalue weighted by atomic mass is 9.91. The Morgan fingerprint density at radius 3 is 2.43 bits per heavy atom. The second-order valence-corrected chi connectivity index (χ2v) is 6.49. The second kappa shape index (κ2) is 5.61. The van der Waals surface area contributed by atoms with Crippen LogP contribution >= 0.6 is 0 Å². The molecule has 110 valence electrons. The molecule has 1 heterocycles. The van der Waals surface area contributed by atoms with Gasteiger partial charge in [0.15, 0.2) is 5.57 Å². The summed E-state index contributed by atoms with van der Waals surface area (Å²) in [6, 6.07) is 10.6. The quantitative estimate of drug-likeness (QED) is 0.925. The number of aliphatic hydroxyl groups is 1. The maximum absolute atomic E-state index is 12.3. The normalized spacial score (nSPS) is 19.0. The van der Waals surface area contributed by atoms with Gasteiger partial charge in [-0.3, -0.25) is 4.79 Å². The van der Waals surface area contributed by atoms with Gasteiger partial charge >= 0.3 is 0 Å². The molecule has 1 aliphatic heterocycles. The number of hydrogen-bond donors (Lipinski definition) is 1. The van der Waals surface area contributed by atoms with Crippen LogP contribution in [0, 0.1) is 16.7 Å². The van der Waals surface area contributed by atoms with Gasteiger partial charge in [0.25, 0.3) is 5.91 Å². The van der Waals surface area contributed by atoms with Gasteiger partial charge in [-0.05, 0) is 17.4 Å². The molecule has 0 aromatic heterocycles. The van der Waals surface area contributed by atoms with Crippen molar-refractivity contribution < 1.29 is 9.90 Å². The Kier molecular flexibility index (Phi) is 4.04. The molecule has 1 amide bonds. The average molecular weight is 284 g/mol. The Labute approximate surface area is 125 Å². The Morgan fingerprint density at radius 2 is 1.90 bits per heavy atom. The van der Waals surface area contributed by atoms with Crippen LogP contribution in [0.2, 0.25) is 0 Å². The first-order valence-electron chi connectivity index (χ1n) is 7.04. The molecule has 0 radical (unpaired) electrons. The lowest BCUT2D eigenvalue weighted by molar-refractivity contribution is -0.127. The van der Waals surface area contributed by atoms with E-state index >= 15 is 0 Å². The number of hydrogen-bond acceptors (Lipinski definition) is 3. The van der Waals surface area contributed by atoms with Crippen LogP contribution in [0.3, 0.4) is 0 Å². The highest BCUT2D eigenvalue weighted by Crippen LogP contribution is 2.37. The molecule has 0 fully saturated rings. The zero-order valence-electron chi connectivity index (χ0n) is 12.6. The Balaban J connectivity index is 2.35. The highest BCUT2D eigenvalue weighted by molar-refractivity contribution is 6.01. The van der Waals surface area contributed by atoms with E-state index in [1.165, 1.54) is 0 Å². The van der Waals surface area contributed by atoms with E-state index in [1.807, 2.05) is 36.4 Å². The van der Waals surface area contributed by atoms with Gasteiger partial charge in [0.1, 0.15) is 17.9 Å². The summed E-state index contributed by atoms with van der Waals surface area (Å²) in [4.78, 5) is 13.9. The predicted molar refractivity (Wildman–Crippen MR) is 80.2 cm³/mol. The number of nitriles is 1. The van der Waals surface area contributed by atoms with E-state index in [0.717, 1.165) is 12.0 Å². The fourth-order valence-corrected chi connectivity index (χ4v) is 2.42. The molecule has 0 saturated carbocycles. The number of amides is 1. The third-order valence-corrected chi connectivity index (χ3v) is 3.63. The van der Waals surface area contributed by atoms with Crippen molar-refractivity contribution in [2.24, 2.45) is 5.41 Å². The summed E-state index contributed by atoms with van der Waals surface area (Å²) in [5.74, 6) is -0.518. The van der Waals surface area contributed by atoms with Crippen LogP contribution in [-0.4, -0.2) is 22.5 Å². The third-order valence-electron chi connectivity index (χ3n) is 3.63. The molecule has 0 aliphatic carbocycles. The minimum Gasteiger partial charge on any atom is -0.508 e. The first kappa shape index (κ1) is 15.1. The Hall–Kier alpha value is -2.28.